The molecule has 8 heteroatoms. The van der Waals surface area contributed by atoms with Gasteiger partial charge in [0.15, 0.2) is 11.6 Å². The fourth-order valence-corrected chi connectivity index (χ4v) is 3.35. The highest BCUT2D eigenvalue weighted by Gasteiger charge is 2.14. The van der Waals surface area contributed by atoms with Gasteiger partial charge < -0.3 is 19.4 Å². The van der Waals surface area contributed by atoms with Crippen LogP contribution in [0, 0.1) is 12.7 Å². The number of aromatic nitrogens is 2. The van der Waals surface area contributed by atoms with Crippen LogP contribution in [0.1, 0.15) is 15.9 Å². The van der Waals surface area contributed by atoms with Gasteiger partial charge in [-0.3, -0.25) is 4.79 Å². The first-order chi connectivity index (χ1) is 13.9. The van der Waals surface area contributed by atoms with Gasteiger partial charge in [-0.2, -0.15) is 0 Å². The molecular formula is C21H25FN3O3S+. The molecule has 0 saturated heterocycles. The minimum absolute atomic E-state index is 0.0756. The minimum atomic E-state index is -0.482. The van der Waals surface area contributed by atoms with Crippen LogP contribution in [0.3, 0.4) is 0 Å². The van der Waals surface area contributed by atoms with Crippen molar-refractivity contribution in [3.63, 3.8) is 0 Å². The molecule has 6 nitrogen and oxygen atoms in total. The van der Waals surface area contributed by atoms with Gasteiger partial charge in [0.25, 0.3) is 5.91 Å². The molecule has 0 spiro atoms. The number of hydrogen-bond donors (Lipinski definition) is 1. The molecule has 29 heavy (non-hydrogen) atoms. The quantitative estimate of drug-likeness (QED) is 0.448. The zero-order valence-corrected chi connectivity index (χ0v) is 17.8. The van der Waals surface area contributed by atoms with Gasteiger partial charge in [0.05, 0.1) is 43.6 Å². The van der Waals surface area contributed by atoms with Crippen LogP contribution in [0.15, 0.2) is 36.7 Å². The van der Waals surface area contributed by atoms with Crippen LogP contribution in [-0.2, 0) is 22.4 Å². The molecule has 154 valence electrons. The number of methoxy groups -OCH3 is 1. The summed E-state index contributed by atoms with van der Waals surface area (Å²) in [7, 11) is 1.72. The highest BCUT2D eigenvalue weighted by atomic mass is 32.2. The molecule has 3 aromatic rings. The number of nitrogens with one attached hydrogen (secondary N) is 1. The van der Waals surface area contributed by atoms with E-state index in [9.17, 15) is 9.18 Å². The summed E-state index contributed by atoms with van der Waals surface area (Å²) in [6, 6.07) is 7.78. The largest absolute Gasteiger partial charge is 0.494 e. The number of hydrogen-bond acceptors (Lipinski definition) is 4. The van der Waals surface area contributed by atoms with Gasteiger partial charge in [0.2, 0.25) is 0 Å². The normalized spacial score (nSPS) is 11.2. The first kappa shape index (κ1) is 21.1. The lowest BCUT2D eigenvalue weighted by molar-refractivity contribution is 0.0923. The Balaban J connectivity index is 1.80. The molecule has 1 aromatic heterocycles. The summed E-state index contributed by atoms with van der Waals surface area (Å²) >= 11 is 0. The van der Waals surface area contributed by atoms with E-state index in [1.165, 1.54) is 25.3 Å². The number of nitrogens with zero attached hydrogens (tertiary/aromatic N) is 2. The van der Waals surface area contributed by atoms with E-state index in [0.29, 0.717) is 35.5 Å². The number of rotatable bonds is 8. The summed E-state index contributed by atoms with van der Waals surface area (Å²) in [6.07, 6.45) is 6.09. The van der Waals surface area contributed by atoms with Crippen LogP contribution < -0.4 is 10.1 Å². The summed E-state index contributed by atoms with van der Waals surface area (Å²) in [5.74, 6) is 0.315. The van der Waals surface area contributed by atoms with E-state index in [2.05, 4.69) is 22.8 Å². The Labute approximate surface area is 172 Å². The van der Waals surface area contributed by atoms with Gasteiger partial charge in [0.1, 0.15) is 12.5 Å². The van der Waals surface area contributed by atoms with Crippen molar-refractivity contribution in [2.45, 2.75) is 13.7 Å². The second-order valence-electron chi connectivity index (χ2n) is 6.91. The molecule has 0 fully saturated rings. The second-order valence-corrected chi connectivity index (χ2v) is 9.29. The molecule has 0 atom stereocenters. The predicted octanol–water partition coefficient (Wildman–Crippen LogP) is 3.60. The summed E-state index contributed by atoms with van der Waals surface area (Å²) in [5, 5.41) is 2.78. The van der Waals surface area contributed by atoms with E-state index in [0.717, 1.165) is 22.3 Å². The van der Waals surface area contributed by atoms with Crippen LogP contribution >= 0.6 is 0 Å². The fraction of sp³-hybridized carbons (Fsp3) is 0.333. The summed E-state index contributed by atoms with van der Waals surface area (Å²) < 4.78 is 26.2. The molecule has 3 rings (SSSR count). The predicted molar refractivity (Wildman–Crippen MR) is 115 cm³/mol. The minimum Gasteiger partial charge on any atom is -0.494 e. The maximum atomic E-state index is 13.6. The maximum Gasteiger partial charge on any atom is 0.255 e. The lowest BCUT2D eigenvalue weighted by atomic mass is 10.1. The van der Waals surface area contributed by atoms with Gasteiger partial charge >= 0.3 is 0 Å². The van der Waals surface area contributed by atoms with Crippen molar-refractivity contribution in [3.8, 4) is 5.75 Å². The molecule has 0 aliphatic carbocycles. The number of anilines is 1. The second kappa shape index (κ2) is 9.28. The van der Waals surface area contributed by atoms with Crippen LogP contribution in [-0.4, -0.2) is 47.4 Å². The molecule has 1 amide bonds. The van der Waals surface area contributed by atoms with E-state index >= 15 is 0 Å². The number of ether oxygens (including phenoxy) is 2. The van der Waals surface area contributed by atoms with E-state index in [4.69, 9.17) is 9.47 Å². The highest BCUT2D eigenvalue weighted by molar-refractivity contribution is 7.95. The summed E-state index contributed by atoms with van der Waals surface area (Å²) in [4.78, 5) is 17.2. The van der Waals surface area contributed by atoms with Gasteiger partial charge in [-0.15, -0.1) is 0 Å². The smallest absolute Gasteiger partial charge is 0.255 e. The third kappa shape index (κ3) is 5.07. The molecule has 0 bridgehead atoms. The Kier molecular flexibility index (Phi) is 6.76. The van der Waals surface area contributed by atoms with Gasteiger partial charge in [-0.1, -0.05) is 0 Å². The molecule has 1 heterocycles. The average molecular weight is 419 g/mol. The van der Waals surface area contributed by atoms with Gasteiger partial charge in [0, 0.05) is 17.3 Å². The first-order valence-electron chi connectivity index (χ1n) is 9.11. The van der Waals surface area contributed by atoms with Crippen molar-refractivity contribution >= 4 is 33.5 Å². The third-order valence-corrected chi connectivity index (χ3v) is 5.44. The molecule has 0 aliphatic rings. The standard InChI is InChI=1S/C21H24FN3O3S/c1-14-9-15(21(26)24-16-5-6-17(22)19(11-16)27-2)10-18-20(14)23-12-25(18)13-28-7-8-29(3)4/h5-6,9-12H,7-8,13H2,1-4H3/p+1. The van der Waals surface area contributed by atoms with Crippen molar-refractivity contribution in [1.29, 1.82) is 0 Å². The Bertz CT molecular complexity index is 1020. The number of carbonyl (C=O) groups excluding carboxylic acids is 1. The third-order valence-electron chi connectivity index (χ3n) is 4.45. The lowest BCUT2D eigenvalue weighted by Gasteiger charge is -2.10. The molecule has 0 unspecified atom stereocenters. The van der Waals surface area contributed by atoms with Crippen LogP contribution in [0.5, 0.6) is 5.75 Å². The molecule has 0 radical (unpaired) electrons. The number of aryl methyl sites for hydroxylation is 1. The first-order valence-corrected chi connectivity index (χ1v) is 11.3. The summed E-state index contributed by atoms with van der Waals surface area (Å²) in [6.45, 7) is 2.98. The molecular weight excluding hydrogens is 393 g/mol. The van der Waals surface area contributed by atoms with E-state index in [1.54, 1.807) is 18.5 Å². The van der Waals surface area contributed by atoms with Crippen molar-refractivity contribution in [2.24, 2.45) is 0 Å². The van der Waals surface area contributed by atoms with Crippen molar-refractivity contribution in [2.75, 3.05) is 37.3 Å². The molecule has 0 aliphatic heterocycles. The van der Waals surface area contributed by atoms with Crippen LogP contribution in [0.4, 0.5) is 10.1 Å². The number of fused-ring (bicyclic) bond motifs is 1. The van der Waals surface area contributed by atoms with E-state index in [-0.39, 0.29) is 11.7 Å². The average Bonchev–Trinajstić information content (AvgIpc) is 3.10. The number of benzene rings is 2. The van der Waals surface area contributed by atoms with Crippen molar-refractivity contribution in [1.82, 2.24) is 9.55 Å². The zero-order chi connectivity index (χ0) is 21.0. The molecule has 2 aromatic carbocycles. The monoisotopic (exact) mass is 418 g/mol. The Morgan fingerprint density at radius 3 is 2.79 bits per heavy atom. The Hall–Kier alpha value is -2.58. The SMILES string of the molecule is COc1cc(NC(=O)c2cc(C)c3ncn(COCC[S+](C)C)c3c2)ccc1F. The zero-order valence-electron chi connectivity index (χ0n) is 17.0. The number of amides is 1. The number of imidazole rings is 1. The van der Waals surface area contributed by atoms with Crippen LogP contribution in [0.25, 0.3) is 11.0 Å². The van der Waals surface area contributed by atoms with Crippen LogP contribution in [0.2, 0.25) is 0 Å². The maximum absolute atomic E-state index is 13.6. The van der Waals surface area contributed by atoms with Gasteiger partial charge in [-0.25, -0.2) is 9.37 Å². The van der Waals surface area contributed by atoms with E-state index < -0.39 is 5.82 Å². The topological polar surface area (TPSA) is 65.4 Å². The Morgan fingerprint density at radius 1 is 1.28 bits per heavy atom. The molecule has 0 saturated carbocycles. The number of halogens is 1. The number of carbonyl (C=O) groups is 1. The van der Waals surface area contributed by atoms with E-state index in [1.807, 2.05) is 11.5 Å². The van der Waals surface area contributed by atoms with Crippen molar-refractivity contribution in [3.05, 3.63) is 53.6 Å². The lowest BCUT2D eigenvalue weighted by Crippen LogP contribution is -2.13. The molecule has 1 N–H and O–H groups in total. The van der Waals surface area contributed by atoms with Gasteiger partial charge in [-0.05, 0) is 47.6 Å². The highest BCUT2D eigenvalue weighted by Crippen LogP contribution is 2.24. The fourth-order valence-electron chi connectivity index (χ4n) is 2.90. The Morgan fingerprint density at radius 2 is 2.07 bits per heavy atom. The summed E-state index contributed by atoms with van der Waals surface area (Å²) in [5.41, 5.74) is 3.51. The van der Waals surface area contributed by atoms with Crippen molar-refractivity contribution < 1.29 is 18.7 Å².